The summed E-state index contributed by atoms with van der Waals surface area (Å²) >= 11 is 0.00694. The topological polar surface area (TPSA) is 13.0 Å². The Morgan fingerprint density at radius 2 is 0.870 bits per heavy atom. The molecule has 0 amide bonds. The summed E-state index contributed by atoms with van der Waals surface area (Å²) in [6.07, 6.45) is 5.39. The van der Waals surface area contributed by atoms with Crippen molar-refractivity contribution in [1.29, 1.82) is 0 Å². The van der Waals surface area contributed by atoms with Gasteiger partial charge in [-0.1, -0.05) is 0 Å². The molecule has 0 aromatic heterocycles. The molecule has 2 atom stereocenters. The zero-order valence-corrected chi connectivity index (χ0v) is 17.5. The molecule has 0 aromatic carbocycles. The van der Waals surface area contributed by atoms with E-state index in [4.69, 9.17) is 20.2 Å². The molecular weight excluding hydrogens is 374 g/mol. The van der Waals surface area contributed by atoms with Crippen molar-refractivity contribution in [2.24, 2.45) is 0 Å². The number of halogens is 2. The minimum atomic E-state index is 0.00694. The minimum absolute atomic E-state index is 0.00694. The fraction of sp³-hybridized carbons (Fsp3) is 1.00. The first kappa shape index (κ1) is 22.0. The first-order valence-electron chi connectivity index (χ1n) is 8.84. The zero-order chi connectivity index (χ0) is 16.9. The number of fused-ring (bicyclic) bond motifs is 3. The van der Waals surface area contributed by atoms with Crippen LogP contribution in [0.4, 0.5) is 0 Å². The molecule has 2 heterocycles. The molecule has 2 aliphatic heterocycles. The van der Waals surface area contributed by atoms with Crippen molar-refractivity contribution in [3.63, 3.8) is 0 Å². The van der Waals surface area contributed by atoms with Gasteiger partial charge in [-0.05, 0) is 79.0 Å². The van der Waals surface area contributed by atoms with Crippen molar-refractivity contribution < 1.29 is 13.1 Å². The van der Waals surface area contributed by atoms with Crippen LogP contribution in [-0.2, 0) is 13.1 Å². The third-order valence-electron chi connectivity index (χ3n) is 4.82. The van der Waals surface area contributed by atoms with Crippen molar-refractivity contribution in [3.8, 4) is 0 Å². The Bertz CT molecular complexity index is 287. The predicted molar refractivity (Wildman–Crippen MR) is 98.0 cm³/mol. The van der Waals surface area contributed by atoms with Gasteiger partial charge in [-0.25, -0.2) is 0 Å². The van der Waals surface area contributed by atoms with E-state index in [-0.39, 0.29) is 13.1 Å². The summed E-state index contributed by atoms with van der Waals surface area (Å²) in [5.74, 6) is 0. The summed E-state index contributed by atoms with van der Waals surface area (Å²) in [5, 5.41) is 0. The third kappa shape index (κ3) is 11.2. The Kier molecular flexibility index (Phi) is 13.5. The van der Waals surface area contributed by atoms with Crippen LogP contribution >= 0.6 is 20.2 Å². The summed E-state index contributed by atoms with van der Waals surface area (Å²) in [6.45, 7) is 12.7. The maximum atomic E-state index is 4.80. The molecule has 0 radical (unpaired) electrons. The molecule has 2 aliphatic rings. The van der Waals surface area contributed by atoms with E-state index in [1.807, 2.05) is 0 Å². The molecule has 2 fully saturated rings. The second-order valence-corrected chi connectivity index (χ2v) is 8.71. The molecule has 2 unspecified atom stereocenters. The van der Waals surface area contributed by atoms with Gasteiger partial charge in [0.25, 0.3) is 0 Å². The molecule has 23 heavy (non-hydrogen) atoms. The number of rotatable bonds is 0. The van der Waals surface area contributed by atoms with Crippen molar-refractivity contribution in [1.82, 2.24) is 19.6 Å². The fourth-order valence-electron chi connectivity index (χ4n) is 3.32. The van der Waals surface area contributed by atoms with Crippen LogP contribution in [0.3, 0.4) is 0 Å². The van der Waals surface area contributed by atoms with E-state index in [9.17, 15) is 0 Å². The van der Waals surface area contributed by atoms with Crippen LogP contribution in [0.1, 0.15) is 25.7 Å². The van der Waals surface area contributed by atoms with Crippen LogP contribution < -0.4 is 0 Å². The summed E-state index contributed by atoms with van der Waals surface area (Å²) in [7, 11) is 14.1. The van der Waals surface area contributed by atoms with E-state index in [2.05, 4.69) is 33.7 Å². The van der Waals surface area contributed by atoms with Gasteiger partial charge in [0.15, 0.2) is 0 Å². The summed E-state index contributed by atoms with van der Waals surface area (Å²) in [6, 6.07) is 0. The molecule has 139 valence electrons. The average Bonchev–Trinajstić information content (AvgIpc) is 2.75. The molecule has 2 bridgehead atoms. The molecule has 0 saturated carbocycles. The number of nitrogens with zero attached hydrogens (tertiary/aromatic N) is 4. The van der Waals surface area contributed by atoms with E-state index in [0.717, 1.165) is 0 Å². The summed E-state index contributed by atoms with van der Waals surface area (Å²) < 4.78 is 0. The van der Waals surface area contributed by atoms with E-state index in [1.165, 1.54) is 91.1 Å². The molecular formula is C16H34Cl2MnN4. The molecule has 0 aliphatic carbocycles. The Morgan fingerprint density at radius 3 is 1.39 bits per heavy atom. The van der Waals surface area contributed by atoms with Gasteiger partial charge in [-0.3, -0.25) is 0 Å². The van der Waals surface area contributed by atoms with Gasteiger partial charge < -0.3 is 19.6 Å². The van der Waals surface area contributed by atoms with Crippen LogP contribution in [-0.4, -0.2) is 99.1 Å². The second kappa shape index (κ2) is 14.1. The molecule has 0 spiro atoms. The Morgan fingerprint density at radius 1 is 0.522 bits per heavy atom. The molecule has 4 nitrogen and oxygen atoms in total. The Balaban J connectivity index is 0.000000816. The van der Waals surface area contributed by atoms with Crippen LogP contribution in [0.25, 0.3) is 0 Å². The van der Waals surface area contributed by atoms with Crippen molar-refractivity contribution >= 4 is 20.2 Å². The number of likely N-dealkylation sites (N-methyl/N-ethyl adjacent to an activating group) is 2. The third-order valence-corrected chi connectivity index (χ3v) is 4.82. The molecule has 7 heteroatoms. The monoisotopic (exact) mass is 407 g/mol. The van der Waals surface area contributed by atoms with Crippen molar-refractivity contribution in [2.75, 3.05) is 79.5 Å². The first-order chi connectivity index (χ1) is 11.2. The van der Waals surface area contributed by atoms with Gasteiger partial charge in [-0.15, -0.1) is 0 Å². The van der Waals surface area contributed by atoms with Crippen molar-refractivity contribution in [2.45, 2.75) is 25.7 Å². The van der Waals surface area contributed by atoms with Gasteiger partial charge in [0.2, 0.25) is 0 Å². The molecule has 2 rings (SSSR count). The average molecular weight is 408 g/mol. The van der Waals surface area contributed by atoms with E-state index < -0.39 is 0 Å². The van der Waals surface area contributed by atoms with Gasteiger partial charge in [0.1, 0.15) is 0 Å². The normalized spacial score (nSPS) is 29.7. The van der Waals surface area contributed by atoms with Crippen LogP contribution in [0.15, 0.2) is 0 Å². The molecule has 0 N–H and O–H groups in total. The van der Waals surface area contributed by atoms with Crippen LogP contribution in [0, 0.1) is 0 Å². The van der Waals surface area contributed by atoms with Gasteiger partial charge in [0.05, 0.1) is 0 Å². The first-order valence-corrected chi connectivity index (χ1v) is 12.1. The maximum absolute atomic E-state index is 4.80. The zero-order valence-electron chi connectivity index (χ0n) is 14.8. The number of hydrogen-bond acceptors (Lipinski definition) is 4. The van der Waals surface area contributed by atoms with E-state index in [0.29, 0.717) is 0 Å². The van der Waals surface area contributed by atoms with Crippen LogP contribution in [0.2, 0.25) is 0 Å². The predicted octanol–water partition coefficient (Wildman–Crippen LogP) is 2.42. The standard InChI is InChI=1S/C16H34N4.2ClH.Mn/c1-17-7-3-4-9-19-11-6-12-20(16-15-19)10-5-8-18(2)14-13-17;;;/h3-16H2,1-2H3;2*1H;/q;;;+2/p-2. The van der Waals surface area contributed by atoms with E-state index in [1.54, 1.807) is 0 Å². The van der Waals surface area contributed by atoms with Gasteiger partial charge in [0, 0.05) is 26.2 Å². The fourth-order valence-corrected chi connectivity index (χ4v) is 3.32. The molecule has 0 aromatic rings. The number of hydrogen-bond donors (Lipinski definition) is 0. The van der Waals surface area contributed by atoms with Crippen molar-refractivity contribution in [3.05, 3.63) is 0 Å². The Labute approximate surface area is 158 Å². The Hall–Kier alpha value is 0.939. The van der Waals surface area contributed by atoms with Crippen LogP contribution in [0.5, 0.6) is 0 Å². The quantitative estimate of drug-likeness (QED) is 0.571. The van der Waals surface area contributed by atoms with Gasteiger partial charge >= 0.3 is 33.3 Å². The van der Waals surface area contributed by atoms with Gasteiger partial charge in [-0.2, -0.15) is 0 Å². The summed E-state index contributed by atoms with van der Waals surface area (Å²) in [5.41, 5.74) is 0. The molecule has 2 saturated heterocycles. The summed E-state index contributed by atoms with van der Waals surface area (Å²) in [4.78, 5) is 10.4. The SMILES string of the molecule is CN1CCCCN2CCCN(CCCN(C)CC1)CC2.[Cl][Mn][Cl]. The van der Waals surface area contributed by atoms with E-state index >= 15 is 0 Å². The second-order valence-electron chi connectivity index (χ2n) is 6.76.